The van der Waals surface area contributed by atoms with E-state index in [1.807, 2.05) is 17.4 Å². The van der Waals surface area contributed by atoms with Crippen molar-refractivity contribution in [3.63, 3.8) is 0 Å². The van der Waals surface area contributed by atoms with E-state index in [4.69, 9.17) is 0 Å². The molecule has 0 aliphatic rings. The molecular weight excluding hydrogens is 541 g/mol. The fourth-order valence-corrected chi connectivity index (χ4v) is 7.01. The molecule has 8 aromatic rings. The van der Waals surface area contributed by atoms with Gasteiger partial charge in [-0.15, -0.1) is 11.3 Å². The maximum absolute atomic E-state index is 3.53. The topological polar surface area (TPSA) is 15.3 Å². The average Bonchev–Trinajstić information content (AvgIpc) is 3.43. The fraction of sp³-hybridized carbons (Fsp3) is 0. The van der Waals surface area contributed by atoms with Gasteiger partial charge in [0.05, 0.1) is 0 Å². The fourth-order valence-electron chi connectivity index (χ4n) is 5.89. The summed E-state index contributed by atoms with van der Waals surface area (Å²) in [6.45, 7) is 0. The Hall–Kier alpha value is -5.38. The highest BCUT2D eigenvalue weighted by Crippen LogP contribution is 2.40. The van der Waals surface area contributed by atoms with Crippen LogP contribution in [0.2, 0.25) is 0 Å². The van der Waals surface area contributed by atoms with Crippen LogP contribution in [0.5, 0.6) is 0 Å². The molecule has 2 nitrogen and oxygen atoms in total. The number of hydrogen-bond donors (Lipinski definition) is 1. The zero-order valence-electron chi connectivity index (χ0n) is 23.4. The van der Waals surface area contributed by atoms with Gasteiger partial charge in [-0.05, 0) is 94.7 Å². The Morgan fingerprint density at radius 3 is 1.98 bits per heavy atom. The SMILES string of the molecule is c1ccc(Nc2ccc3c(c2)sc2ccc(-c4cccc(N(c5ccccc5)c5ccc6ccccc6c5)c4)cc23)cc1. The molecule has 1 aromatic heterocycles. The molecule has 0 aliphatic carbocycles. The molecule has 1 heterocycles. The minimum Gasteiger partial charge on any atom is -0.355 e. The first-order valence-corrected chi connectivity index (χ1v) is 15.3. The molecule has 0 saturated heterocycles. The van der Waals surface area contributed by atoms with E-state index in [9.17, 15) is 0 Å². The predicted molar refractivity (Wildman–Crippen MR) is 187 cm³/mol. The second kappa shape index (κ2) is 10.8. The summed E-state index contributed by atoms with van der Waals surface area (Å²) in [6.07, 6.45) is 0. The van der Waals surface area contributed by atoms with Crippen LogP contribution in [-0.4, -0.2) is 0 Å². The second-order valence-corrected chi connectivity index (χ2v) is 11.9. The van der Waals surface area contributed by atoms with Gasteiger partial charge in [-0.25, -0.2) is 0 Å². The normalized spacial score (nSPS) is 11.3. The minimum absolute atomic E-state index is 1.10. The third-order valence-electron chi connectivity index (χ3n) is 7.98. The minimum atomic E-state index is 1.10. The predicted octanol–water partition coefficient (Wildman–Crippen LogP) is 12.1. The Kier molecular flexibility index (Phi) is 6.36. The number of nitrogens with zero attached hydrogens (tertiary/aromatic N) is 1. The van der Waals surface area contributed by atoms with Crippen molar-refractivity contribution in [1.29, 1.82) is 0 Å². The Balaban J connectivity index is 1.19. The first-order chi connectivity index (χ1) is 21.3. The zero-order valence-corrected chi connectivity index (χ0v) is 24.3. The summed E-state index contributed by atoms with van der Waals surface area (Å²) in [4.78, 5) is 2.34. The van der Waals surface area contributed by atoms with Gasteiger partial charge in [-0.3, -0.25) is 0 Å². The van der Waals surface area contributed by atoms with Gasteiger partial charge in [0.1, 0.15) is 0 Å². The van der Waals surface area contributed by atoms with Crippen LogP contribution in [0.1, 0.15) is 0 Å². The van der Waals surface area contributed by atoms with E-state index >= 15 is 0 Å². The van der Waals surface area contributed by atoms with E-state index in [-0.39, 0.29) is 0 Å². The van der Waals surface area contributed by atoms with Crippen LogP contribution in [0.15, 0.2) is 164 Å². The summed E-state index contributed by atoms with van der Waals surface area (Å²) < 4.78 is 2.59. The lowest BCUT2D eigenvalue weighted by molar-refractivity contribution is 1.29. The first-order valence-electron chi connectivity index (χ1n) is 14.5. The molecule has 0 atom stereocenters. The monoisotopic (exact) mass is 568 g/mol. The molecule has 0 bridgehead atoms. The third-order valence-corrected chi connectivity index (χ3v) is 9.11. The summed E-state index contributed by atoms with van der Waals surface area (Å²) in [7, 11) is 0. The standard InChI is InChI=1S/C40H28N2S/c1-3-13-32(14-4-1)41-33-20-22-37-38-26-31(19-23-39(38)43-40(37)27-33)30-12-9-17-35(25-30)42(34-15-5-2-6-16-34)36-21-18-28-10-7-8-11-29(28)24-36/h1-27,41H. The Morgan fingerprint density at radius 1 is 0.395 bits per heavy atom. The zero-order chi connectivity index (χ0) is 28.6. The van der Waals surface area contributed by atoms with Crippen molar-refractivity contribution in [3.8, 4) is 11.1 Å². The highest BCUT2D eigenvalue weighted by molar-refractivity contribution is 7.25. The summed E-state index contributed by atoms with van der Waals surface area (Å²) in [6, 6.07) is 58.6. The number of fused-ring (bicyclic) bond motifs is 4. The molecule has 0 aliphatic heterocycles. The van der Waals surface area contributed by atoms with Gasteiger partial charge in [0.2, 0.25) is 0 Å². The lowest BCUT2D eigenvalue weighted by atomic mass is 10.0. The van der Waals surface area contributed by atoms with Crippen molar-refractivity contribution in [2.45, 2.75) is 0 Å². The lowest BCUT2D eigenvalue weighted by Gasteiger charge is -2.26. The van der Waals surface area contributed by atoms with E-state index < -0.39 is 0 Å². The third kappa shape index (κ3) is 4.90. The van der Waals surface area contributed by atoms with E-state index in [0.717, 1.165) is 28.4 Å². The van der Waals surface area contributed by atoms with E-state index in [1.165, 1.54) is 42.1 Å². The van der Waals surface area contributed by atoms with E-state index in [1.54, 1.807) is 0 Å². The van der Waals surface area contributed by atoms with Gasteiger partial charge in [0.15, 0.2) is 0 Å². The van der Waals surface area contributed by atoms with Gasteiger partial charge < -0.3 is 10.2 Å². The molecule has 3 heteroatoms. The largest absolute Gasteiger partial charge is 0.355 e. The van der Waals surface area contributed by atoms with Gasteiger partial charge in [-0.1, -0.05) is 91.0 Å². The number of benzene rings is 7. The molecule has 204 valence electrons. The summed E-state index contributed by atoms with van der Waals surface area (Å²) in [5.74, 6) is 0. The van der Waals surface area contributed by atoms with Gasteiger partial charge >= 0.3 is 0 Å². The van der Waals surface area contributed by atoms with Crippen molar-refractivity contribution >= 4 is 70.7 Å². The molecule has 43 heavy (non-hydrogen) atoms. The Morgan fingerprint density at radius 2 is 1.12 bits per heavy atom. The molecule has 0 fully saturated rings. The van der Waals surface area contributed by atoms with Crippen LogP contribution in [0.3, 0.4) is 0 Å². The number of nitrogens with one attached hydrogen (secondary N) is 1. The highest BCUT2D eigenvalue weighted by Gasteiger charge is 2.14. The number of anilines is 5. The molecule has 1 N–H and O–H groups in total. The van der Waals surface area contributed by atoms with Gasteiger partial charge in [0.25, 0.3) is 0 Å². The number of thiophene rings is 1. The smallest absolute Gasteiger partial charge is 0.0468 e. The van der Waals surface area contributed by atoms with Gasteiger partial charge in [-0.2, -0.15) is 0 Å². The van der Waals surface area contributed by atoms with Crippen molar-refractivity contribution in [3.05, 3.63) is 164 Å². The van der Waals surface area contributed by atoms with Crippen LogP contribution in [0, 0.1) is 0 Å². The molecule has 7 aromatic carbocycles. The Bertz CT molecular complexity index is 2220. The van der Waals surface area contributed by atoms with E-state index in [0.29, 0.717) is 0 Å². The van der Waals surface area contributed by atoms with Crippen molar-refractivity contribution in [1.82, 2.24) is 0 Å². The van der Waals surface area contributed by atoms with Crippen molar-refractivity contribution in [2.75, 3.05) is 10.2 Å². The number of hydrogen-bond acceptors (Lipinski definition) is 3. The molecule has 0 radical (unpaired) electrons. The summed E-state index contributed by atoms with van der Waals surface area (Å²) >= 11 is 1.85. The van der Waals surface area contributed by atoms with Crippen LogP contribution in [0.4, 0.5) is 28.4 Å². The maximum Gasteiger partial charge on any atom is 0.0468 e. The first kappa shape index (κ1) is 25.3. The molecule has 0 amide bonds. The molecule has 0 spiro atoms. The van der Waals surface area contributed by atoms with Crippen molar-refractivity contribution < 1.29 is 0 Å². The average molecular weight is 569 g/mol. The lowest BCUT2D eigenvalue weighted by Crippen LogP contribution is -2.09. The van der Waals surface area contributed by atoms with Gasteiger partial charge in [0, 0.05) is 48.6 Å². The molecule has 0 unspecified atom stereocenters. The molecular formula is C40H28N2S. The molecule has 8 rings (SSSR count). The van der Waals surface area contributed by atoms with Crippen LogP contribution >= 0.6 is 11.3 Å². The van der Waals surface area contributed by atoms with E-state index in [2.05, 4.69) is 168 Å². The Labute approximate surface area is 255 Å². The van der Waals surface area contributed by atoms with Crippen LogP contribution < -0.4 is 10.2 Å². The summed E-state index contributed by atoms with van der Waals surface area (Å²) in [5, 5.41) is 8.59. The number of rotatable bonds is 6. The second-order valence-electron chi connectivity index (χ2n) is 10.8. The van der Waals surface area contributed by atoms with Crippen LogP contribution in [-0.2, 0) is 0 Å². The van der Waals surface area contributed by atoms with Crippen LogP contribution in [0.25, 0.3) is 42.1 Å². The highest BCUT2D eigenvalue weighted by atomic mass is 32.1. The molecule has 0 saturated carbocycles. The maximum atomic E-state index is 3.53. The number of para-hydroxylation sites is 2. The summed E-state index contributed by atoms with van der Waals surface area (Å²) in [5.41, 5.74) is 8.02. The quantitative estimate of drug-likeness (QED) is 0.215. The van der Waals surface area contributed by atoms with Crippen molar-refractivity contribution in [2.24, 2.45) is 0 Å².